The number of hydrogen-bond acceptors (Lipinski definition) is 4. The average molecular weight is 358 g/mol. The molecule has 0 saturated heterocycles. The summed E-state index contributed by atoms with van der Waals surface area (Å²) in [6.45, 7) is 9.15. The van der Waals surface area contributed by atoms with E-state index in [2.05, 4.69) is 16.7 Å². The Bertz CT molecular complexity index is 832. The van der Waals surface area contributed by atoms with Gasteiger partial charge in [0.2, 0.25) is 0 Å². The maximum Gasteiger partial charge on any atom is 0.410 e. The number of esters is 1. The van der Waals surface area contributed by atoms with Crippen LogP contribution in [0.5, 0.6) is 0 Å². The van der Waals surface area contributed by atoms with Crippen LogP contribution in [-0.4, -0.2) is 40.3 Å². The Morgan fingerprint density at radius 2 is 1.92 bits per heavy atom. The minimum Gasteiger partial charge on any atom is -0.464 e. The van der Waals surface area contributed by atoms with Gasteiger partial charge in [-0.2, -0.15) is 0 Å². The maximum atomic E-state index is 12.5. The van der Waals surface area contributed by atoms with Crippen molar-refractivity contribution in [2.24, 2.45) is 0 Å². The number of amides is 1. The molecule has 1 aromatic carbocycles. The molecule has 26 heavy (non-hydrogen) atoms. The predicted octanol–water partition coefficient (Wildman–Crippen LogP) is 3.50. The van der Waals surface area contributed by atoms with Gasteiger partial charge in [-0.05, 0) is 26.8 Å². The van der Waals surface area contributed by atoms with Crippen LogP contribution in [0.15, 0.2) is 24.3 Å². The van der Waals surface area contributed by atoms with E-state index in [9.17, 15) is 9.59 Å². The van der Waals surface area contributed by atoms with Gasteiger partial charge in [0.05, 0.1) is 13.1 Å². The van der Waals surface area contributed by atoms with Crippen LogP contribution in [0.1, 0.15) is 39.0 Å². The largest absolute Gasteiger partial charge is 0.464 e. The van der Waals surface area contributed by atoms with Gasteiger partial charge >= 0.3 is 12.1 Å². The topological polar surface area (TPSA) is 60.8 Å². The van der Waals surface area contributed by atoms with E-state index in [-0.39, 0.29) is 12.1 Å². The number of aromatic nitrogens is 1. The lowest BCUT2D eigenvalue weighted by atomic mass is 10.0. The third kappa shape index (κ3) is 3.84. The Morgan fingerprint density at radius 3 is 2.62 bits per heavy atom. The molecule has 0 bridgehead atoms. The van der Waals surface area contributed by atoms with Gasteiger partial charge in [-0.3, -0.25) is 4.79 Å². The van der Waals surface area contributed by atoms with Crippen LogP contribution in [-0.2, 0) is 33.8 Å². The predicted molar refractivity (Wildman–Crippen MR) is 98.9 cm³/mol. The highest BCUT2D eigenvalue weighted by molar-refractivity contribution is 5.86. The molecule has 1 amide bonds. The SMILES string of the molecule is CC(=O)OCCn1c2c(c3ccccc31)CN(C(=O)OC(C)(C)C)CC2. The van der Waals surface area contributed by atoms with Gasteiger partial charge in [-0.1, -0.05) is 18.2 Å². The van der Waals surface area contributed by atoms with Crippen molar-refractivity contribution in [1.29, 1.82) is 0 Å². The Kier molecular flexibility index (Phi) is 4.94. The summed E-state index contributed by atoms with van der Waals surface area (Å²) in [5.74, 6) is -0.272. The van der Waals surface area contributed by atoms with E-state index in [0.717, 1.165) is 22.9 Å². The van der Waals surface area contributed by atoms with Gasteiger partial charge in [-0.15, -0.1) is 0 Å². The molecular weight excluding hydrogens is 332 g/mol. The van der Waals surface area contributed by atoms with Crippen molar-refractivity contribution in [2.45, 2.75) is 52.8 Å². The van der Waals surface area contributed by atoms with E-state index in [1.807, 2.05) is 32.9 Å². The molecule has 0 saturated carbocycles. The minimum absolute atomic E-state index is 0.272. The van der Waals surface area contributed by atoms with E-state index in [0.29, 0.717) is 26.2 Å². The van der Waals surface area contributed by atoms with Crippen LogP contribution in [0.25, 0.3) is 10.9 Å². The normalized spacial score (nSPS) is 14.2. The summed E-state index contributed by atoms with van der Waals surface area (Å²) in [6.07, 6.45) is 0.475. The van der Waals surface area contributed by atoms with Gasteiger partial charge in [0.15, 0.2) is 0 Å². The lowest BCUT2D eigenvalue weighted by molar-refractivity contribution is -0.141. The summed E-state index contributed by atoms with van der Waals surface area (Å²) in [4.78, 5) is 25.3. The summed E-state index contributed by atoms with van der Waals surface area (Å²) in [6, 6.07) is 8.15. The number of fused-ring (bicyclic) bond motifs is 3. The van der Waals surface area contributed by atoms with Gasteiger partial charge in [0.1, 0.15) is 12.2 Å². The Hall–Kier alpha value is -2.50. The van der Waals surface area contributed by atoms with Crippen molar-refractivity contribution in [3.05, 3.63) is 35.5 Å². The standard InChI is InChI=1S/C20H26N2O4/c1-14(23)25-12-11-22-17-8-6-5-7-15(17)16-13-21(10-9-18(16)22)19(24)26-20(2,3)4/h5-8H,9-13H2,1-4H3. The van der Waals surface area contributed by atoms with E-state index in [1.165, 1.54) is 12.6 Å². The molecule has 2 heterocycles. The van der Waals surface area contributed by atoms with E-state index < -0.39 is 5.60 Å². The molecule has 140 valence electrons. The molecule has 0 N–H and O–H groups in total. The summed E-state index contributed by atoms with van der Waals surface area (Å²) in [5, 5.41) is 1.14. The van der Waals surface area contributed by atoms with Crippen molar-refractivity contribution >= 4 is 23.0 Å². The molecular formula is C20H26N2O4. The number of benzene rings is 1. The van der Waals surface area contributed by atoms with Crippen LogP contribution < -0.4 is 0 Å². The molecule has 1 aliphatic heterocycles. The molecule has 6 heteroatoms. The first-order valence-corrected chi connectivity index (χ1v) is 8.96. The number of ether oxygens (including phenoxy) is 2. The summed E-state index contributed by atoms with van der Waals surface area (Å²) in [5.41, 5.74) is 2.96. The highest BCUT2D eigenvalue weighted by atomic mass is 16.6. The third-order valence-electron chi connectivity index (χ3n) is 4.43. The fourth-order valence-electron chi connectivity index (χ4n) is 3.42. The fraction of sp³-hybridized carbons (Fsp3) is 0.500. The summed E-state index contributed by atoms with van der Waals surface area (Å²) in [7, 11) is 0. The minimum atomic E-state index is -0.505. The maximum absolute atomic E-state index is 12.5. The highest BCUT2D eigenvalue weighted by Crippen LogP contribution is 2.31. The molecule has 0 fully saturated rings. The molecule has 0 spiro atoms. The van der Waals surface area contributed by atoms with E-state index in [4.69, 9.17) is 9.47 Å². The van der Waals surface area contributed by atoms with Crippen molar-refractivity contribution in [2.75, 3.05) is 13.2 Å². The summed E-state index contributed by atoms with van der Waals surface area (Å²) >= 11 is 0. The van der Waals surface area contributed by atoms with Crippen molar-refractivity contribution in [3.8, 4) is 0 Å². The van der Waals surface area contributed by atoms with Crippen LogP contribution >= 0.6 is 0 Å². The van der Waals surface area contributed by atoms with Crippen LogP contribution in [0, 0.1) is 0 Å². The van der Waals surface area contributed by atoms with E-state index in [1.54, 1.807) is 4.90 Å². The molecule has 1 aromatic heterocycles. The monoisotopic (exact) mass is 358 g/mol. The first-order chi connectivity index (χ1) is 12.3. The molecule has 6 nitrogen and oxygen atoms in total. The van der Waals surface area contributed by atoms with Gasteiger partial charge in [-0.25, -0.2) is 4.79 Å². The number of para-hydroxylation sites is 1. The molecule has 1 aliphatic rings. The number of rotatable bonds is 3. The second kappa shape index (κ2) is 7.02. The smallest absolute Gasteiger partial charge is 0.410 e. The fourth-order valence-corrected chi connectivity index (χ4v) is 3.42. The molecule has 2 aromatic rings. The number of carbonyl (C=O) groups excluding carboxylic acids is 2. The highest BCUT2D eigenvalue weighted by Gasteiger charge is 2.29. The second-order valence-corrected chi connectivity index (χ2v) is 7.59. The summed E-state index contributed by atoms with van der Waals surface area (Å²) < 4.78 is 12.9. The lowest BCUT2D eigenvalue weighted by Gasteiger charge is -2.30. The zero-order chi connectivity index (χ0) is 18.9. The average Bonchev–Trinajstić information content (AvgIpc) is 2.87. The Morgan fingerprint density at radius 1 is 1.19 bits per heavy atom. The van der Waals surface area contributed by atoms with Gasteiger partial charge in [0, 0.05) is 42.0 Å². The van der Waals surface area contributed by atoms with Gasteiger partial charge < -0.3 is 18.9 Å². The van der Waals surface area contributed by atoms with E-state index >= 15 is 0 Å². The van der Waals surface area contributed by atoms with Crippen LogP contribution in [0.2, 0.25) is 0 Å². The lowest BCUT2D eigenvalue weighted by Crippen LogP contribution is -2.40. The number of hydrogen-bond donors (Lipinski definition) is 0. The Labute approximate surface area is 153 Å². The van der Waals surface area contributed by atoms with Crippen molar-refractivity contribution in [1.82, 2.24) is 9.47 Å². The van der Waals surface area contributed by atoms with Crippen LogP contribution in [0.3, 0.4) is 0 Å². The zero-order valence-electron chi connectivity index (χ0n) is 15.9. The van der Waals surface area contributed by atoms with Gasteiger partial charge in [0.25, 0.3) is 0 Å². The van der Waals surface area contributed by atoms with Crippen molar-refractivity contribution in [3.63, 3.8) is 0 Å². The second-order valence-electron chi connectivity index (χ2n) is 7.59. The number of nitrogens with zero attached hydrogens (tertiary/aromatic N) is 2. The van der Waals surface area contributed by atoms with Crippen LogP contribution in [0.4, 0.5) is 4.79 Å². The number of carbonyl (C=O) groups is 2. The molecule has 0 radical (unpaired) electrons. The Balaban J connectivity index is 1.88. The quantitative estimate of drug-likeness (QED) is 0.788. The molecule has 0 atom stereocenters. The molecule has 0 unspecified atom stereocenters. The zero-order valence-corrected chi connectivity index (χ0v) is 15.9. The first kappa shape index (κ1) is 18.3. The third-order valence-corrected chi connectivity index (χ3v) is 4.43. The van der Waals surface area contributed by atoms with Crippen molar-refractivity contribution < 1.29 is 19.1 Å². The molecule has 3 rings (SSSR count). The molecule has 0 aliphatic carbocycles. The first-order valence-electron chi connectivity index (χ1n) is 8.96.